The van der Waals surface area contributed by atoms with Gasteiger partial charge in [-0.2, -0.15) is 0 Å². The summed E-state index contributed by atoms with van der Waals surface area (Å²) in [5.74, 6) is -0.226. The fourth-order valence-electron chi connectivity index (χ4n) is 2.24. The molecule has 2 aromatic carbocycles. The van der Waals surface area contributed by atoms with Crippen LogP contribution in [0.2, 0.25) is 0 Å². The molecule has 4 heteroatoms. The summed E-state index contributed by atoms with van der Waals surface area (Å²) in [6, 6.07) is 14.9. The maximum absolute atomic E-state index is 13.1. The van der Waals surface area contributed by atoms with Crippen molar-refractivity contribution in [1.29, 1.82) is 0 Å². The van der Waals surface area contributed by atoms with Crippen LogP contribution >= 0.6 is 11.8 Å². The van der Waals surface area contributed by atoms with Gasteiger partial charge >= 0.3 is 0 Å². The Kier molecular flexibility index (Phi) is 3.97. The third kappa shape index (κ3) is 2.95. The zero-order valence-corrected chi connectivity index (χ0v) is 12.4. The minimum Gasteiger partial charge on any atom is -0.308 e. The van der Waals surface area contributed by atoms with Crippen molar-refractivity contribution in [3.63, 3.8) is 0 Å². The molecule has 0 aromatic heterocycles. The second kappa shape index (κ2) is 6.06. The Morgan fingerprint density at radius 3 is 2.24 bits per heavy atom. The highest BCUT2D eigenvalue weighted by atomic mass is 32.2. The lowest BCUT2D eigenvalue weighted by atomic mass is 9.99. The molecular weight excluding hydrogens is 283 g/mol. The molecule has 1 aliphatic heterocycles. The van der Waals surface area contributed by atoms with Crippen LogP contribution in [0.1, 0.15) is 11.1 Å². The minimum absolute atomic E-state index is 0.226. The normalized spacial score (nSPS) is 13.8. The number of halogens is 1. The Morgan fingerprint density at radius 1 is 0.905 bits per heavy atom. The molecule has 2 N–H and O–H groups in total. The standard InChI is InChI=1S/C17H15FN2S/c1-21-15-8-4-13(5-9-15)17-16(10-11-19-20-17)12-2-6-14(18)7-3-12/h2-11,19-20H,1H3. The van der Waals surface area contributed by atoms with Crippen molar-refractivity contribution in [3.8, 4) is 0 Å². The monoisotopic (exact) mass is 298 g/mol. The number of thioether (sulfide) groups is 1. The maximum Gasteiger partial charge on any atom is 0.123 e. The molecule has 2 aromatic rings. The lowest BCUT2D eigenvalue weighted by Crippen LogP contribution is -2.28. The van der Waals surface area contributed by atoms with Crippen molar-refractivity contribution in [2.75, 3.05) is 6.26 Å². The van der Waals surface area contributed by atoms with Gasteiger partial charge in [0.05, 0.1) is 5.70 Å². The molecule has 106 valence electrons. The van der Waals surface area contributed by atoms with Crippen molar-refractivity contribution < 1.29 is 4.39 Å². The first-order valence-electron chi connectivity index (χ1n) is 6.60. The largest absolute Gasteiger partial charge is 0.308 e. The molecule has 0 saturated heterocycles. The number of allylic oxidation sites excluding steroid dienone is 2. The van der Waals surface area contributed by atoms with E-state index in [4.69, 9.17) is 0 Å². The van der Waals surface area contributed by atoms with E-state index in [1.165, 1.54) is 17.0 Å². The molecule has 0 bridgehead atoms. The van der Waals surface area contributed by atoms with Crippen LogP contribution in [0.15, 0.2) is 65.7 Å². The van der Waals surface area contributed by atoms with E-state index in [9.17, 15) is 4.39 Å². The maximum atomic E-state index is 13.1. The average Bonchev–Trinajstić information content (AvgIpc) is 2.56. The summed E-state index contributed by atoms with van der Waals surface area (Å²) in [4.78, 5) is 1.22. The number of benzene rings is 2. The Morgan fingerprint density at radius 2 is 1.57 bits per heavy atom. The van der Waals surface area contributed by atoms with Gasteiger partial charge in [-0.25, -0.2) is 4.39 Å². The van der Waals surface area contributed by atoms with Gasteiger partial charge in [0.2, 0.25) is 0 Å². The molecule has 1 aliphatic rings. The summed E-state index contributed by atoms with van der Waals surface area (Å²) in [7, 11) is 0. The molecule has 1 heterocycles. The van der Waals surface area contributed by atoms with Crippen LogP contribution in [0.5, 0.6) is 0 Å². The molecule has 0 saturated carbocycles. The molecule has 0 spiro atoms. The van der Waals surface area contributed by atoms with Crippen LogP contribution in [-0.4, -0.2) is 6.26 Å². The van der Waals surface area contributed by atoms with Gasteiger partial charge in [0.1, 0.15) is 5.82 Å². The number of nitrogens with one attached hydrogen (secondary N) is 2. The first-order valence-corrected chi connectivity index (χ1v) is 7.83. The molecule has 0 fully saturated rings. The van der Waals surface area contributed by atoms with E-state index in [0.717, 1.165) is 22.4 Å². The van der Waals surface area contributed by atoms with Crippen LogP contribution in [0.4, 0.5) is 4.39 Å². The van der Waals surface area contributed by atoms with Crippen molar-refractivity contribution in [2.24, 2.45) is 0 Å². The number of hydrogen-bond donors (Lipinski definition) is 2. The lowest BCUT2D eigenvalue weighted by Gasteiger charge is -2.20. The Hall–Kier alpha value is -2.20. The summed E-state index contributed by atoms with van der Waals surface area (Å²) >= 11 is 1.72. The van der Waals surface area contributed by atoms with Crippen molar-refractivity contribution in [1.82, 2.24) is 10.9 Å². The smallest absolute Gasteiger partial charge is 0.123 e. The second-order valence-corrected chi connectivity index (χ2v) is 5.51. The predicted molar refractivity (Wildman–Crippen MR) is 86.8 cm³/mol. The number of hydrogen-bond acceptors (Lipinski definition) is 3. The Bertz CT molecular complexity index is 688. The third-order valence-corrected chi connectivity index (χ3v) is 4.08. The summed E-state index contributed by atoms with van der Waals surface area (Å²) in [5, 5.41) is 0. The van der Waals surface area contributed by atoms with Gasteiger partial charge in [-0.05, 0) is 42.2 Å². The van der Waals surface area contributed by atoms with Crippen LogP contribution in [0, 0.1) is 5.82 Å². The van der Waals surface area contributed by atoms with E-state index in [1.54, 1.807) is 23.9 Å². The Balaban J connectivity index is 2.06. The molecule has 0 unspecified atom stereocenters. The van der Waals surface area contributed by atoms with Gasteiger partial charge < -0.3 is 10.9 Å². The van der Waals surface area contributed by atoms with E-state index in [0.29, 0.717) is 0 Å². The molecule has 2 nitrogen and oxygen atoms in total. The van der Waals surface area contributed by atoms with Gasteiger partial charge in [0.15, 0.2) is 0 Å². The molecule has 0 amide bonds. The van der Waals surface area contributed by atoms with Crippen molar-refractivity contribution >= 4 is 23.0 Å². The highest BCUT2D eigenvalue weighted by Gasteiger charge is 2.12. The summed E-state index contributed by atoms with van der Waals surface area (Å²) in [5.41, 5.74) is 10.3. The van der Waals surface area contributed by atoms with Gasteiger partial charge in [-0.3, -0.25) is 0 Å². The number of rotatable bonds is 3. The van der Waals surface area contributed by atoms with Crippen LogP contribution < -0.4 is 10.9 Å². The van der Waals surface area contributed by atoms with E-state index in [1.807, 2.05) is 12.3 Å². The highest BCUT2D eigenvalue weighted by molar-refractivity contribution is 7.98. The highest BCUT2D eigenvalue weighted by Crippen LogP contribution is 2.28. The minimum atomic E-state index is -0.226. The van der Waals surface area contributed by atoms with Gasteiger partial charge in [-0.1, -0.05) is 24.3 Å². The van der Waals surface area contributed by atoms with Crippen LogP contribution in [-0.2, 0) is 0 Å². The van der Waals surface area contributed by atoms with E-state index >= 15 is 0 Å². The van der Waals surface area contributed by atoms with Crippen LogP contribution in [0.3, 0.4) is 0 Å². The average molecular weight is 298 g/mol. The molecule has 21 heavy (non-hydrogen) atoms. The summed E-state index contributed by atoms with van der Waals surface area (Å²) in [6.45, 7) is 0. The predicted octanol–water partition coefficient (Wildman–Crippen LogP) is 4.04. The fraction of sp³-hybridized carbons (Fsp3) is 0.0588. The summed E-state index contributed by atoms with van der Waals surface area (Å²) < 4.78 is 13.1. The van der Waals surface area contributed by atoms with E-state index in [2.05, 4.69) is 41.4 Å². The quantitative estimate of drug-likeness (QED) is 0.836. The van der Waals surface area contributed by atoms with E-state index in [-0.39, 0.29) is 5.82 Å². The van der Waals surface area contributed by atoms with E-state index < -0.39 is 0 Å². The molecule has 3 rings (SSSR count). The molecular formula is C17H15FN2S. The first-order chi connectivity index (χ1) is 10.3. The lowest BCUT2D eigenvalue weighted by molar-refractivity contribution is 0.627. The number of hydrazine groups is 1. The molecule has 0 aliphatic carbocycles. The van der Waals surface area contributed by atoms with Crippen molar-refractivity contribution in [3.05, 3.63) is 77.8 Å². The van der Waals surface area contributed by atoms with Crippen LogP contribution in [0.25, 0.3) is 11.3 Å². The van der Waals surface area contributed by atoms with Gasteiger partial charge in [-0.15, -0.1) is 11.8 Å². The second-order valence-electron chi connectivity index (χ2n) is 4.63. The van der Waals surface area contributed by atoms with Crippen molar-refractivity contribution in [2.45, 2.75) is 4.90 Å². The summed E-state index contributed by atoms with van der Waals surface area (Å²) in [6.07, 6.45) is 5.88. The third-order valence-electron chi connectivity index (χ3n) is 3.33. The SMILES string of the molecule is CSc1ccc(C2=C(c3ccc(F)cc3)C=CNN2)cc1. The van der Waals surface area contributed by atoms with Gasteiger partial charge in [0.25, 0.3) is 0 Å². The zero-order valence-electron chi connectivity index (χ0n) is 11.6. The topological polar surface area (TPSA) is 24.1 Å². The fourth-order valence-corrected chi connectivity index (χ4v) is 2.65. The molecule has 0 atom stereocenters. The first kappa shape index (κ1) is 13.8. The molecule has 0 radical (unpaired) electrons. The zero-order chi connectivity index (χ0) is 14.7. The van der Waals surface area contributed by atoms with Gasteiger partial charge in [0, 0.05) is 22.2 Å². The Labute approximate surface area is 127 Å².